The van der Waals surface area contributed by atoms with Gasteiger partial charge < -0.3 is 5.73 Å². The first kappa shape index (κ1) is 12.1. The van der Waals surface area contributed by atoms with Crippen molar-refractivity contribution in [3.8, 4) is 0 Å². The van der Waals surface area contributed by atoms with Crippen molar-refractivity contribution in [1.29, 1.82) is 0 Å². The van der Waals surface area contributed by atoms with Gasteiger partial charge in [-0.05, 0) is 6.07 Å². The number of carbonyl (C=O) groups excluding carboxylic acids is 1. The molecular weight excluding hydrogens is 183 g/mol. The molecule has 0 bridgehead atoms. The number of hydrogen-bond donors (Lipinski definition) is 1. The van der Waals surface area contributed by atoms with Crippen molar-refractivity contribution in [1.82, 2.24) is 0 Å². The number of primary amides is 1. The summed E-state index contributed by atoms with van der Waals surface area (Å²) in [5, 5.41) is 10.3. The first-order valence-electron chi connectivity index (χ1n) is 3.16. The van der Waals surface area contributed by atoms with E-state index < -0.39 is 10.8 Å². The van der Waals surface area contributed by atoms with Crippen LogP contribution in [0.5, 0.6) is 0 Å². The Labute approximate surface area is 96.4 Å². The predicted octanol–water partition coefficient (Wildman–Crippen LogP) is -2.30. The number of carbonyl (C=O) groups is 1. The summed E-state index contributed by atoms with van der Waals surface area (Å²) in [7, 11) is 0. The number of benzene rings is 1. The van der Waals surface area contributed by atoms with Crippen LogP contribution in [0.1, 0.15) is 10.4 Å². The SMILES string of the molecule is NC(=O)c1ccccc1[N+](=O)[O-].[Na+]. The van der Waals surface area contributed by atoms with Crippen LogP contribution in [0.2, 0.25) is 0 Å². The molecule has 5 nitrogen and oxygen atoms in total. The smallest absolute Gasteiger partial charge is 0.365 e. The minimum absolute atomic E-state index is 0. The Morgan fingerprint density at radius 3 is 2.31 bits per heavy atom. The van der Waals surface area contributed by atoms with E-state index in [-0.39, 0.29) is 40.8 Å². The van der Waals surface area contributed by atoms with Gasteiger partial charge in [0.2, 0.25) is 0 Å². The summed E-state index contributed by atoms with van der Waals surface area (Å²) in [6, 6.07) is 5.55. The van der Waals surface area contributed by atoms with E-state index in [2.05, 4.69) is 0 Å². The molecule has 62 valence electrons. The molecule has 0 unspecified atom stereocenters. The van der Waals surface area contributed by atoms with Crippen molar-refractivity contribution in [2.45, 2.75) is 0 Å². The van der Waals surface area contributed by atoms with E-state index in [0.29, 0.717) is 0 Å². The zero-order valence-corrected chi connectivity index (χ0v) is 9.06. The van der Waals surface area contributed by atoms with Crippen molar-refractivity contribution >= 4 is 11.6 Å². The summed E-state index contributed by atoms with van der Waals surface area (Å²) in [6.45, 7) is 0. The molecule has 0 aromatic heterocycles. The minimum atomic E-state index is -0.790. The van der Waals surface area contributed by atoms with Gasteiger partial charge in [-0.2, -0.15) is 0 Å². The fraction of sp³-hybridized carbons (Fsp3) is 0. The third-order valence-electron chi connectivity index (χ3n) is 1.37. The van der Waals surface area contributed by atoms with Crippen LogP contribution in [0.4, 0.5) is 5.69 Å². The fourth-order valence-electron chi connectivity index (χ4n) is 0.841. The number of rotatable bonds is 2. The number of nitrogens with two attached hydrogens (primary N) is 1. The summed E-state index contributed by atoms with van der Waals surface area (Å²) in [4.78, 5) is 20.3. The van der Waals surface area contributed by atoms with E-state index in [1.807, 2.05) is 0 Å². The van der Waals surface area contributed by atoms with Gasteiger partial charge in [-0.15, -0.1) is 0 Å². The largest absolute Gasteiger partial charge is 1.00 e. The van der Waals surface area contributed by atoms with Crippen LogP contribution in [-0.4, -0.2) is 10.8 Å². The number of nitrogens with zero attached hydrogens (tertiary/aromatic N) is 1. The molecule has 0 atom stereocenters. The van der Waals surface area contributed by atoms with E-state index in [1.165, 1.54) is 24.3 Å². The van der Waals surface area contributed by atoms with E-state index in [1.54, 1.807) is 0 Å². The summed E-state index contributed by atoms with van der Waals surface area (Å²) in [6.07, 6.45) is 0. The molecule has 13 heavy (non-hydrogen) atoms. The molecule has 6 heteroatoms. The van der Waals surface area contributed by atoms with Gasteiger partial charge in [0.05, 0.1) is 4.92 Å². The maximum Gasteiger partial charge on any atom is 1.00 e. The van der Waals surface area contributed by atoms with Crippen LogP contribution >= 0.6 is 0 Å². The molecule has 0 aliphatic carbocycles. The Bertz CT molecular complexity index is 307. The molecule has 0 fully saturated rings. The normalized spacial score (nSPS) is 8.62. The summed E-state index contributed by atoms with van der Waals surface area (Å²) >= 11 is 0. The molecule has 1 aromatic rings. The summed E-state index contributed by atoms with van der Waals surface area (Å²) < 4.78 is 0. The Morgan fingerprint density at radius 2 is 1.92 bits per heavy atom. The van der Waals surface area contributed by atoms with Crippen LogP contribution < -0.4 is 35.3 Å². The van der Waals surface area contributed by atoms with Gasteiger partial charge in [0, 0.05) is 6.07 Å². The molecule has 1 amide bonds. The molecule has 2 N–H and O–H groups in total. The maximum atomic E-state index is 10.6. The van der Waals surface area contributed by atoms with Gasteiger partial charge in [-0.3, -0.25) is 14.9 Å². The minimum Gasteiger partial charge on any atom is -0.365 e. The van der Waals surface area contributed by atoms with Crippen LogP contribution in [-0.2, 0) is 0 Å². The standard InChI is InChI=1S/C7H6N2O3.Na/c8-7(10)5-3-1-2-4-6(5)9(11)12;/h1-4H,(H2,8,10);/q;+1. The molecule has 0 saturated carbocycles. The first-order valence-corrected chi connectivity index (χ1v) is 3.16. The zero-order chi connectivity index (χ0) is 9.14. The Kier molecular flexibility index (Phi) is 4.61. The molecule has 0 aliphatic heterocycles. The van der Waals surface area contributed by atoms with Gasteiger partial charge in [-0.25, -0.2) is 0 Å². The maximum absolute atomic E-state index is 10.6. The van der Waals surface area contributed by atoms with Gasteiger partial charge in [-0.1, -0.05) is 12.1 Å². The average molecular weight is 189 g/mol. The van der Waals surface area contributed by atoms with Crippen molar-refractivity contribution in [2.75, 3.05) is 0 Å². The van der Waals surface area contributed by atoms with Crippen LogP contribution in [0.15, 0.2) is 24.3 Å². The van der Waals surface area contributed by atoms with Crippen molar-refractivity contribution in [3.05, 3.63) is 39.9 Å². The Balaban J connectivity index is 0.00000144. The second-order valence-corrected chi connectivity index (χ2v) is 2.14. The quantitative estimate of drug-likeness (QED) is 0.322. The van der Waals surface area contributed by atoms with Gasteiger partial charge >= 0.3 is 29.6 Å². The average Bonchev–Trinajstić information content (AvgIpc) is 2.04. The molecule has 0 radical (unpaired) electrons. The van der Waals surface area contributed by atoms with E-state index in [9.17, 15) is 14.9 Å². The van der Waals surface area contributed by atoms with Crippen molar-refractivity contribution in [2.24, 2.45) is 5.73 Å². The molecule has 1 aromatic carbocycles. The number of hydrogen-bond acceptors (Lipinski definition) is 3. The number of para-hydroxylation sites is 1. The number of amides is 1. The topological polar surface area (TPSA) is 86.2 Å². The molecule has 0 heterocycles. The summed E-state index contributed by atoms with van der Waals surface area (Å²) in [5.41, 5.74) is 4.58. The second-order valence-electron chi connectivity index (χ2n) is 2.14. The monoisotopic (exact) mass is 189 g/mol. The molecule has 0 saturated heterocycles. The molecular formula is C7H6N2NaO3+. The van der Waals surface area contributed by atoms with Crippen LogP contribution in [0.25, 0.3) is 0 Å². The third-order valence-corrected chi connectivity index (χ3v) is 1.37. The van der Waals surface area contributed by atoms with E-state index in [4.69, 9.17) is 5.73 Å². The molecule has 0 spiro atoms. The zero-order valence-electron chi connectivity index (χ0n) is 7.06. The van der Waals surface area contributed by atoms with Crippen LogP contribution in [0, 0.1) is 10.1 Å². The van der Waals surface area contributed by atoms with Gasteiger partial charge in [0.1, 0.15) is 5.56 Å². The second kappa shape index (κ2) is 4.96. The van der Waals surface area contributed by atoms with Gasteiger partial charge in [0.15, 0.2) is 0 Å². The van der Waals surface area contributed by atoms with Crippen LogP contribution in [0.3, 0.4) is 0 Å². The van der Waals surface area contributed by atoms with Crippen molar-refractivity contribution < 1.29 is 39.3 Å². The van der Waals surface area contributed by atoms with E-state index >= 15 is 0 Å². The van der Waals surface area contributed by atoms with Crippen molar-refractivity contribution in [3.63, 3.8) is 0 Å². The Morgan fingerprint density at radius 1 is 1.38 bits per heavy atom. The first-order chi connectivity index (χ1) is 5.63. The van der Waals surface area contributed by atoms with E-state index in [0.717, 1.165) is 0 Å². The fourth-order valence-corrected chi connectivity index (χ4v) is 0.841. The molecule has 1 rings (SSSR count). The summed E-state index contributed by atoms with van der Waals surface area (Å²) in [5.74, 6) is -0.790. The van der Waals surface area contributed by atoms with Gasteiger partial charge in [0.25, 0.3) is 11.6 Å². The third kappa shape index (κ3) is 2.80. The number of nitro groups is 1. The predicted molar refractivity (Wildman–Crippen MR) is 41.6 cm³/mol. The number of nitro benzene ring substituents is 1. The molecule has 0 aliphatic rings. The Hall–Kier alpha value is -0.910.